The minimum Gasteiger partial charge on any atom is -0.492 e. The van der Waals surface area contributed by atoms with Gasteiger partial charge >= 0.3 is 6.03 Å². The Morgan fingerprint density at radius 1 is 0.917 bits per heavy atom. The van der Waals surface area contributed by atoms with E-state index >= 15 is 0 Å². The van der Waals surface area contributed by atoms with Crippen LogP contribution in [0.15, 0.2) is 72.8 Å². The highest BCUT2D eigenvalue weighted by Crippen LogP contribution is 2.27. The van der Waals surface area contributed by atoms with Crippen LogP contribution >= 0.6 is 0 Å². The normalized spacial score (nSPS) is 14.9. The number of urea groups is 1. The average molecular weight is 496 g/mol. The van der Waals surface area contributed by atoms with Gasteiger partial charge in [0.1, 0.15) is 11.9 Å². The fraction of sp³-hybridized carbons (Fsp3) is 0.321. The number of carbonyl (C=O) groups excluding carboxylic acids is 1. The van der Waals surface area contributed by atoms with Gasteiger partial charge in [-0.05, 0) is 42.3 Å². The maximum Gasteiger partial charge on any atom is 0.322 e. The number of benzene rings is 3. The maximum atomic E-state index is 13.9. The summed E-state index contributed by atoms with van der Waals surface area (Å²) in [6, 6.07) is 20.6. The van der Waals surface area contributed by atoms with Crippen LogP contribution in [0.25, 0.3) is 0 Å². The molecule has 1 aliphatic rings. The zero-order chi connectivity index (χ0) is 25.3. The third-order valence-corrected chi connectivity index (χ3v) is 6.13. The maximum absolute atomic E-state index is 13.9. The second-order valence-electron chi connectivity index (χ2n) is 8.52. The summed E-state index contributed by atoms with van der Waals surface area (Å²) in [6.45, 7) is 6.11. The molecule has 4 rings (SSSR count). The molecule has 190 valence electrons. The SMILES string of the molecule is CCOc1ccccc1NC(=O)N1CCN(CCOC(c2ccccc2)c2ccc(F)c(F)c2)CC1. The lowest BCUT2D eigenvalue weighted by Gasteiger charge is -2.35. The summed E-state index contributed by atoms with van der Waals surface area (Å²) in [6.07, 6.45) is -0.501. The zero-order valence-electron chi connectivity index (χ0n) is 20.3. The van der Waals surface area contributed by atoms with Gasteiger partial charge in [0.25, 0.3) is 0 Å². The largest absolute Gasteiger partial charge is 0.492 e. The number of anilines is 1. The van der Waals surface area contributed by atoms with Gasteiger partial charge in [-0.3, -0.25) is 4.90 Å². The molecule has 0 spiro atoms. The quantitative estimate of drug-likeness (QED) is 0.437. The third-order valence-electron chi connectivity index (χ3n) is 6.13. The highest BCUT2D eigenvalue weighted by atomic mass is 19.2. The molecule has 1 saturated heterocycles. The molecule has 1 unspecified atom stereocenters. The molecule has 1 N–H and O–H groups in total. The zero-order valence-corrected chi connectivity index (χ0v) is 20.3. The Bertz CT molecular complexity index is 1140. The molecule has 1 fully saturated rings. The van der Waals surface area contributed by atoms with E-state index in [4.69, 9.17) is 9.47 Å². The predicted molar refractivity (Wildman–Crippen MR) is 135 cm³/mol. The molecule has 0 aromatic heterocycles. The van der Waals surface area contributed by atoms with E-state index in [1.807, 2.05) is 61.5 Å². The van der Waals surface area contributed by atoms with Crippen molar-refractivity contribution in [1.82, 2.24) is 9.80 Å². The van der Waals surface area contributed by atoms with E-state index in [9.17, 15) is 13.6 Å². The molecular weight excluding hydrogens is 464 g/mol. The predicted octanol–water partition coefficient (Wildman–Crippen LogP) is 5.32. The van der Waals surface area contributed by atoms with E-state index in [-0.39, 0.29) is 6.03 Å². The van der Waals surface area contributed by atoms with Crippen molar-refractivity contribution in [2.45, 2.75) is 13.0 Å². The van der Waals surface area contributed by atoms with E-state index < -0.39 is 17.7 Å². The Morgan fingerprint density at radius 2 is 1.64 bits per heavy atom. The fourth-order valence-corrected chi connectivity index (χ4v) is 4.21. The van der Waals surface area contributed by atoms with Crippen LogP contribution in [-0.4, -0.2) is 61.8 Å². The highest BCUT2D eigenvalue weighted by Gasteiger charge is 2.23. The first-order chi connectivity index (χ1) is 17.5. The van der Waals surface area contributed by atoms with Crippen LogP contribution < -0.4 is 10.1 Å². The summed E-state index contributed by atoms with van der Waals surface area (Å²) >= 11 is 0. The Hall–Kier alpha value is -3.49. The van der Waals surface area contributed by atoms with Gasteiger partial charge in [-0.2, -0.15) is 0 Å². The number of amides is 2. The van der Waals surface area contributed by atoms with E-state index in [1.165, 1.54) is 6.07 Å². The van der Waals surface area contributed by atoms with E-state index in [2.05, 4.69) is 10.2 Å². The second-order valence-corrected chi connectivity index (χ2v) is 8.52. The third kappa shape index (κ3) is 6.59. The Kier molecular flexibility index (Phi) is 8.86. The number of ether oxygens (including phenoxy) is 2. The molecular formula is C28H31F2N3O3. The Labute approximate surface area is 210 Å². The van der Waals surface area contributed by atoms with Gasteiger partial charge in [-0.25, -0.2) is 13.6 Å². The molecule has 1 heterocycles. The summed E-state index contributed by atoms with van der Waals surface area (Å²) in [4.78, 5) is 16.8. The van der Waals surface area contributed by atoms with Crippen molar-refractivity contribution in [2.75, 3.05) is 51.3 Å². The molecule has 0 radical (unpaired) electrons. The van der Waals surface area contributed by atoms with Crippen LogP contribution in [0.1, 0.15) is 24.2 Å². The molecule has 2 amide bonds. The lowest BCUT2D eigenvalue weighted by Crippen LogP contribution is -2.50. The van der Waals surface area contributed by atoms with Crippen LogP contribution in [0.2, 0.25) is 0 Å². The summed E-state index contributed by atoms with van der Waals surface area (Å²) in [5, 5.41) is 2.94. The Morgan fingerprint density at radius 3 is 2.36 bits per heavy atom. The van der Waals surface area contributed by atoms with Gasteiger partial charge < -0.3 is 19.7 Å². The molecule has 3 aromatic carbocycles. The summed E-state index contributed by atoms with van der Waals surface area (Å²) < 4.78 is 39.1. The highest BCUT2D eigenvalue weighted by molar-refractivity contribution is 5.91. The number of piperazine rings is 1. The topological polar surface area (TPSA) is 54.0 Å². The van der Waals surface area contributed by atoms with Gasteiger partial charge in [-0.15, -0.1) is 0 Å². The smallest absolute Gasteiger partial charge is 0.322 e. The number of hydrogen-bond donors (Lipinski definition) is 1. The number of nitrogens with zero attached hydrogens (tertiary/aromatic N) is 2. The fourth-order valence-electron chi connectivity index (χ4n) is 4.21. The molecule has 36 heavy (non-hydrogen) atoms. The van der Waals surface area contributed by atoms with Gasteiger partial charge in [0, 0.05) is 32.7 Å². The van der Waals surface area contributed by atoms with Gasteiger partial charge in [0.05, 0.1) is 18.9 Å². The van der Waals surface area contributed by atoms with Crippen molar-refractivity contribution in [1.29, 1.82) is 0 Å². The minimum atomic E-state index is -0.893. The molecule has 1 aliphatic heterocycles. The van der Waals surface area contributed by atoms with E-state index in [1.54, 1.807) is 11.0 Å². The number of para-hydroxylation sites is 2. The van der Waals surface area contributed by atoms with E-state index in [0.29, 0.717) is 62.9 Å². The van der Waals surface area contributed by atoms with Crippen molar-refractivity contribution in [2.24, 2.45) is 0 Å². The molecule has 0 aliphatic carbocycles. The van der Waals surface area contributed by atoms with Crippen molar-refractivity contribution in [3.05, 3.63) is 95.6 Å². The average Bonchev–Trinajstić information content (AvgIpc) is 2.90. The first-order valence-electron chi connectivity index (χ1n) is 12.2. The second kappa shape index (κ2) is 12.5. The number of halogens is 2. The van der Waals surface area contributed by atoms with Crippen molar-refractivity contribution < 1.29 is 23.0 Å². The van der Waals surface area contributed by atoms with Crippen molar-refractivity contribution in [3.8, 4) is 5.75 Å². The monoisotopic (exact) mass is 495 g/mol. The molecule has 8 heteroatoms. The van der Waals surface area contributed by atoms with Crippen molar-refractivity contribution in [3.63, 3.8) is 0 Å². The van der Waals surface area contributed by atoms with Crippen LogP contribution in [0, 0.1) is 11.6 Å². The van der Waals surface area contributed by atoms with Crippen LogP contribution in [0.3, 0.4) is 0 Å². The number of carbonyl (C=O) groups is 1. The van der Waals surface area contributed by atoms with Gasteiger partial charge in [0.2, 0.25) is 0 Å². The Balaban J connectivity index is 1.29. The first kappa shape index (κ1) is 25.6. The molecule has 0 bridgehead atoms. The standard InChI is InChI=1S/C28H31F2N3O3/c1-2-35-26-11-7-6-10-25(26)31-28(34)33-16-14-32(15-17-33)18-19-36-27(21-8-4-3-5-9-21)22-12-13-23(29)24(30)20-22/h3-13,20,27H,2,14-19H2,1H3,(H,31,34). The molecule has 1 atom stereocenters. The number of hydrogen-bond acceptors (Lipinski definition) is 4. The molecule has 0 saturated carbocycles. The van der Waals surface area contributed by atoms with Crippen LogP contribution in [-0.2, 0) is 4.74 Å². The lowest BCUT2D eigenvalue weighted by molar-refractivity contribution is 0.0496. The van der Waals surface area contributed by atoms with Crippen LogP contribution in [0.4, 0.5) is 19.3 Å². The van der Waals surface area contributed by atoms with Crippen LogP contribution in [0.5, 0.6) is 5.75 Å². The summed E-state index contributed by atoms with van der Waals surface area (Å²) in [5.41, 5.74) is 2.09. The molecule has 3 aromatic rings. The summed E-state index contributed by atoms with van der Waals surface area (Å²) in [5.74, 6) is -1.12. The molecule has 6 nitrogen and oxygen atoms in total. The van der Waals surface area contributed by atoms with Gasteiger partial charge in [-0.1, -0.05) is 48.5 Å². The lowest BCUT2D eigenvalue weighted by atomic mass is 10.0. The van der Waals surface area contributed by atoms with E-state index in [0.717, 1.165) is 11.6 Å². The number of rotatable bonds is 9. The summed E-state index contributed by atoms with van der Waals surface area (Å²) in [7, 11) is 0. The first-order valence-corrected chi connectivity index (χ1v) is 12.2. The number of nitrogens with one attached hydrogen (secondary N) is 1. The van der Waals surface area contributed by atoms with Gasteiger partial charge in [0.15, 0.2) is 11.6 Å². The minimum absolute atomic E-state index is 0.152. The van der Waals surface area contributed by atoms with Crippen molar-refractivity contribution >= 4 is 11.7 Å².